The summed E-state index contributed by atoms with van der Waals surface area (Å²) in [4.78, 5) is 22.2. The largest absolute Gasteiger partial charge is 0.481 e. The summed E-state index contributed by atoms with van der Waals surface area (Å²) in [5.74, 6) is -2.49. The van der Waals surface area contributed by atoms with E-state index in [9.17, 15) is 22.8 Å². The number of carbonyl (C=O) groups is 2. The van der Waals surface area contributed by atoms with E-state index in [0.29, 0.717) is 0 Å². The van der Waals surface area contributed by atoms with E-state index < -0.39 is 36.6 Å². The van der Waals surface area contributed by atoms with Crippen LogP contribution >= 0.6 is 0 Å². The van der Waals surface area contributed by atoms with Gasteiger partial charge in [0.25, 0.3) is 0 Å². The van der Waals surface area contributed by atoms with Crippen LogP contribution in [0.15, 0.2) is 0 Å². The zero-order valence-electron chi connectivity index (χ0n) is 9.90. The second kappa shape index (κ2) is 6.71. The van der Waals surface area contributed by atoms with Gasteiger partial charge in [-0.15, -0.1) is 0 Å². The minimum atomic E-state index is -4.43. The third-order valence-electron chi connectivity index (χ3n) is 2.48. The molecule has 2 unspecified atom stereocenters. The number of halogens is 3. The van der Waals surface area contributed by atoms with Crippen LogP contribution in [0.4, 0.5) is 13.2 Å². The molecule has 2 atom stereocenters. The Kier molecular flexibility index (Phi) is 5.55. The predicted molar refractivity (Wildman–Crippen MR) is 55.4 cm³/mol. The van der Waals surface area contributed by atoms with E-state index in [2.05, 4.69) is 10.1 Å². The molecular weight excluding hydrogens is 271 g/mol. The molecule has 0 radical (unpaired) electrons. The molecule has 9 heteroatoms. The Labute approximate surface area is 106 Å². The van der Waals surface area contributed by atoms with Crippen molar-refractivity contribution in [1.29, 1.82) is 0 Å². The standard InChI is InChI=1S/C10H14F3NO5/c11-10(12,13)5-18-2-1-8(15)14-7-4-19-3-6(7)9(16)17/h6-7H,1-5H2,(H,14,15)(H,16,17). The minimum absolute atomic E-state index is 0.00482. The average Bonchev–Trinajstić information content (AvgIpc) is 2.71. The van der Waals surface area contributed by atoms with Crippen LogP contribution in [0.25, 0.3) is 0 Å². The van der Waals surface area contributed by atoms with E-state index in [0.717, 1.165) is 0 Å². The van der Waals surface area contributed by atoms with Crippen molar-refractivity contribution in [1.82, 2.24) is 5.32 Å². The van der Waals surface area contributed by atoms with E-state index in [1.807, 2.05) is 0 Å². The lowest BCUT2D eigenvalue weighted by atomic mass is 10.0. The molecule has 0 aliphatic carbocycles. The van der Waals surface area contributed by atoms with Crippen LogP contribution in [0.1, 0.15) is 6.42 Å². The summed E-state index contributed by atoms with van der Waals surface area (Å²) >= 11 is 0. The van der Waals surface area contributed by atoms with Crippen LogP contribution in [0.3, 0.4) is 0 Å². The van der Waals surface area contributed by atoms with Crippen molar-refractivity contribution >= 4 is 11.9 Å². The summed E-state index contributed by atoms with van der Waals surface area (Å²) < 4.78 is 44.4. The molecule has 6 nitrogen and oxygen atoms in total. The summed E-state index contributed by atoms with van der Waals surface area (Å²) in [6.07, 6.45) is -4.69. The molecule has 0 bridgehead atoms. The summed E-state index contributed by atoms with van der Waals surface area (Å²) in [6.45, 7) is -1.71. The fourth-order valence-corrected chi connectivity index (χ4v) is 1.57. The summed E-state index contributed by atoms with van der Waals surface area (Å²) in [5.41, 5.74) is 0. The van der Waals surface area contributed by atoms with E-state index in [1.165, 1.54) is 0 Å². The maximum atomic E-state index is 11.7. The zero-order chi connectivity index (χ0) is 14.5. The summed E-state index contributed by atoms with van der Waals surface area (Å²) in [6, 6.07) is -0.660. The van der Waals surface area contributed by atoms with Crippen LogP contribution in [0.5, 0.6) is 0 Å². The van der Waals surface area contributed by atoms with Gasteiger partial charge < -0.3 is 19.9 Å². The molecule has 0 aromatic heterocycles. The van der Waals surface area contributed by atoms with E-state index in [4.69, 9.17) is 9.84 Å². The first-order valence-corrected chi connectivity index (χ1v) is 5.54. The average molecular weight is 285 g/mol. The molecule has 0 aromatic rings. The van der Waals surface area contributed by atoms with Gasteiger partial charge in [0.1, 0.15) is 12.5 Å². The number of hydrogen-bond acceptors (Lipinski definition) is 4. The number of hydrogen-bond donors (Lipinski definition) is 2. The third-order valence-corrected chi connectivity index (χ3v) is 2.48. The lowest BCUT2D eigenvalue weighted by Crippen LogP contribution is -2.43. The molecule has 19 heavy (non-hydrogen) atoms. The van der Waals surface area contributed by atoms with Crippen molar-refractivity contribution in [2.24, 2.45) is 5.92 Å². The number of nitrogens with one attached hydrogen (secondary N) is 1. The highest BCUT2D eigenvalue weighted by molar-refractivity contribution is 5.78. The Hall–Kier alpha value is -1.35. The number of rotatable bonds is 6. The number of alkyl halides is 3. The number of carboxylic acids is 1. The van der Waals surface area contributed by atoms with Gasteiger partial charge in [0.15, 0.2) is 0 Å². The predicted octanol–water partition coefficient (Wildman–Crippen LogP) is 0.171. The molecule has 1 fully saturated rings. The molecule has 1 rings (SSSR count). The monoisotopic (exact) mass is 285 g/mol. The molecule has 0 saturated carbocycles. The van der Waals surface area contributed by atoms with Gasteiger partial charge in [0.2, 0.25) is 5.91 Å². The van der Waals surface area contributed by atoms with Crippen molar-refractivity contribution < 1.29 is 37.3 Å². The normalized spacial score (nSPS) is 23.3. The van der Waals surface area contributed by atoms with Crippen LogP contribution < -0.4 is 5.32 Å². The highest BCUT2D eigenvalue weighted by Gasteiger charge is 2.35. The number of carboxylic acid groups (broad SMARTS) is 1. The molecule has 2 N–H and O–H groups in total. The number of ether oxygens (including phenoxy) is 2. The Balaban J connectivity index is 2.22. The van der Waals surface area contributed by atoms with Gasteiger partial charge in [-0.05, 0) is 0 Å². The molecule has 1 amide bonds. The first-order valence-electron chi connectivity index (χ1n) is 5.54. The van der Waals surface area contributed by atoms with Crippen molar-refractivity contribution in [3.8, 4) is 0 Å². The van der Waals surface area contributed by atoms with Gasteiger partial charge in [-0.3, -0.25) is 9.59 Å². The van der Waals surface area contributed by atoms with Gasteiger partial charge in [0, 0.05) is 6.42 Å². The van der Waals surface area contributed by atoms with Crippen LogP contribution in [0, 0.1) is 5.92 Å². The minimum Gasteiger partial charge on any atom is -0.481 e. The third kappa shape index (κ3) is 5.88. The van der Waals surface area contributed by atoms with Gasteiger partial charge in [-0.25, -0.2) is 0 Å². The van der Waals surface area contributed by atoms with Crippen LogP contribution in [-0.2, 0) is 19.1 Å². The molecule has 1 aliphatic rings. The molecule has 0 aromatic carbocycles. The highest BCUT2D eigenvalue weighted by atomic mass is 19.4. The fourth-order valence-electron chi connectivity index (χ4n) is 1.57. The molecule has 1 heterocycles. The topological polar surface area (TPSA) is 84.9 Å². The van der Waals surface area contributed by atoms with Gasteiger partial charge in [0.05, 0.1) is 25.9 Å². The van der Waals surface area contributed by atoms with Crippen LogP contribution in [0.2, 0.25) is 0 Å². The smallest absolute Gasteiger partial charge is 0.411 e. The van der Waals surface area contributed by atoms with Crippen molar-refractivity contribution in [2.75, 3.05) is 26.4 Å². The second-order valence-corrected chi connectivity index (χ2v) is 4.07. The SMILES string of the molecule is O=C(CCOCC(F)(F)F)NC1COCC1C(=O)O. The first kappa shape index (κ1) is 15.7. The Bertz CT molecular complexity index is 334. The molecule has 1 saturated heterocycles. The Morgan fingerprint density at radius 2 is 2.05 bits per heavy atom. The number of carbonyl (C=O) groups excluding carboxylic acids is 1. The van der Waals surface area contributed by atoms with E-state index >= 15 is 0 Å². The lowest BCUT2D eigenvalue weighted by Gasteiger charge is -2.15. The first-order chi connectivity index (χ1) is 8.79. The lowest BCUT2D eigenvalue weighted by molar-refractivity contribution is -0.174. The van der Waals surface area contributed by atoms with Crippen molar-refractivity contribution in [3.05, 3.63) is 0 Å². The number of aliphatic carboxylic acids is 1. The highest BCUT2D eigenvalue weighted by Crippen LogP contribution is 2.15. The quantitative estimate of drug-likeness (QED) is 0.680. The summed E-state index contributed by atoms with van der Waals surface area (Å²) in [7, 11) is 0. The maximum absolute atomic E-state index is 11.7. The van der Waals surface area contributed by atoms with Gasteiger partial charge >= 0.3 is 12.1 Å². The van der Waals surface area contributed by atoms with Crippen LogP contribution in [-0.4, -0.2) is 55.6 Å². The molecular formula is C10H14F3NO5. The van der Waals surface area contributed by atoms with E-state index in [-0.39, 0.29) is 26.2 Å². The number of amides is 1. The van der Waals surface area contributed by atoms with E-state index in [1.54, 1.807) is 0 Å². The molecule has 0 spiro atoms. The second-order valence-electron chi connectivity index (χ2n) is 4.07. The van der Waals surface area contributed by atoms with Gasteiger partial charge in [-0.2, -0.15) is 13.2 Å². The fraction of sp³-hybridized carbons (Fsp3) is 0.800. The Morgan fingerprint density at radius 1 is 1.37 bits per heavy atom. The van der Waals surface area contributed by atoms with Crippen molar-refractivity contribution in [2.45, 2.75) is 18.6 Å². The molecule has 1 aliphatic heterocycles. The maximum Gasteiger partial charge on any atom is 0.411 e. The molecule has 110 valence electrons. The van der Waals surface area contributed by atoms with Gasteiger partial charge in [-0.1, -0.05) is 0 Å². The zero-order valence-corrected chi connectivity index (χ0v) is 9.90. The van der Waals surface area contributed by atoms with Crippen molar-refractivity contribution in [3.63, 3.8) is 0 Å². The Morgan fingerprint density at radius 3 is 2.63 bits per heavy atom. The summed E-state index contributed by atoms with van der Waals surface area (Å²) in [5, 5.41) is 11.2.